The number of amides is 3. The van der Waals surface area contributed by atoms with Crippen LogP contribution in [0.2, 0.25) is 0 Å². The molecule has 34 heavy (non-hydrogen) atoms. The summed E-state index contributed by atoms with van der Waals surface area (Å²) in [7, 11) is 0. The molecule has 5 rings (SSSR count). The van der Waals surface area contributed by atoms with Gasteiger partial charge in [-0.05, 0) is 81.7 Å². The Morgan fingerprint density at radius 1 is 1.21 bits per heavy atom. The van der Waals surface area contributed by atoms with Crippen LogP contribution in [0.1, 0.15) is 74.2 Å². The number of carbonyl (C=O) groups is 3. The molecule has 3 atom stereocenters. The predicted molar refractivity (Wildman–Crippen MR) is 124 cm³/mol. The van der Waals surface area contributed by atoms with E-state index in [0.29, 0.717) is 24.4 Å². The molecule has 8 nitrogen and oxygen atoms in total. The fraction of sp³-hybridized carbons (Fsp3) is 0.615. The van der Waals surface area contributed by atoms with Crippen molar-refractivity contribution in [2.45, 2.75) is 83.0 Å². The first-order chi connectivity index (χ1) is 16.3. The van der Waals surface area contributed by atoms with Crippen LogP contribution in [0.25, 0.3) is 0 Å². The third-order valence-corrected chi connectivity index (χ3v) is 7.90. The van der Waals surface area contributed by atoms with Crippen molar-refractivity contribution in [1.82, 2.24) is 15.5 Å². The molecule has 0 spiro atoms. The van der Waals surface area contributed by atoms with Crippen molar-refractivity contribution in [2.75, 3.05) is 6.54 Å². The lowest BCUT2D eigenvalue weighted by atomic mass is 9.64. The normalized spacial score (nSPS) is 33.1. The highest BCUT2D eigenvalue weighted by Crippen LogP contribution is 2.44. The molecule has 8 heteroatoms. The summed E-state index contributed by atoms with van der Waals surface area (Å²) in [5, 5.41) is 15.3. The van der Waals surface area contributed by atoms with Crippen LogP contribution in [-0.2, 0) is 16.1 Å². The number of piperidine rings is 1. The van der Waals surface area contributed by atoms with Crippen molar-refractivity contribution in [3.05, 3.63) is 29.3 Å². The average Bonchev–Trinajstić information content (AvgIpc) is 3.12. The van der Waals surface area contributed by atoms with E-state index in [-0.39, 0.29) is 35.8 Å². The topological polar surface area (TPSA) is 112 Å². The van der Waals surface area contributed by atoms with Gasteiger partial charge in [0.2, 0.25) is 11.8 Å². The Bertz CT molecular complexity index is 1040. The summed E-state index contributed by atoms with van der Waals surface area (Å²) in [6.45, 7) is 3.31. The maximum Gasteiger partial charge on any atom is 0.255 e. The summed E-state index contributed by atoms with van der Waals surface area (Å²) >= 11 is 0. The molecule has 4 aliphatic rings. The van der Waals surface area contributed by atoms with Crippen molar-refractivity contribution < 1.29 is 19.1 Å². The number of ether oxygens (including phenoxy) is 1. The van der Waals surface area contributed by atoms with E-state index in [1.54, 1.807) is 11.0 Å². The Labute approximate surface area is 200 Å². The Morgan fingerprint density at radius 2 is 2.00 bits per heavy atom. The third kappa shape index (κ3) is 4.41. The van der Waals surface area contributed by atoms with Gasteiger partial charge in [0.25, 0.3) is 5.91 Å². The van der Waals surface area contributed by atoms with E-state index in [2.05, 4.69) is 16.7 Å². The molecule has 2 heterocycles. The number of nitrogens with zero attached hydrogens (tertiary/aromatic N) is 2. The zero-order valence-corrected chi connectivity index (χ0v) is 19.6. The van der Waals surface area contributed by atoms with Gasteiger partial charge in [-0.15, -0.1) is 0 Å². The zero-order valence-electron chi connectivity index (χ0n) is 19.6. The van der Waals surface area contributed by atoms with Gasteiger partial charge in [-0.1, -0.05) is 6.42 Å². The van der Waals surface area contributed by atoms with Crippen LogP contribution in [-0.4, -0.2) is 47.4 Å². The van der Waals surface area contributed by atoms with Crippen molar-refractivity contribution >= 4 is 17.7 Å². The standard InChI is InChI=1S/C26H32N4O4/c1-26(15-27)11-16(12-26)13-28-20-4-2-3-5-22(20)34-18-6-7-19-17(10-18)14-30(25(19)33)21-8-9-23(31)29-24(21)32/h6-7,10,16,20-22,28H,2-5,8-9,11-14H2,1H3,(H,29,31,32)/t16?,20-,21?,22+,26?/m1/s1. The average molecular weight is 465 g/mol. The van der Waals surface area contributed by atoms with Gasteiger partial charge in [0.05, 0.1) is 11.5 Å². The van der Waals surface area contributed by atoms with Crippen LogP contribution in [0.4, 0.5) is 0 Å². The maximum absolute atomic E-state index is 12.9. The van der Waals surface area contributed by atoms with Gasteiger partial charge in [0.1, 0.15) is 17.9 Å². The summed E-state index contributed by atoms with van der Waals surface area (Å²) in [5.41, 5.74) is 1.30. The van der Waals surface area contributed by atoms with E-state index in [0.717, 1.165) is 50.0 Å². The molecular weight excluding hydrogens is 432 g/mol. The van der Waals surface area contributed by atoms with Crippen molar-refractivity contribution in [3.63, 3.8) is 0 Å². The molecule has 1 aromatic carbocycles. The molecule has 2 aliphatic carbocycles. The largest absolute Gasteiger partial charge is 0.489 e. The molecule has 3 amide bonds. The highest BCUT2D eigenvalue weighted by atomic mass is 16.5. The number of fused-ring (bicyclic) bond motifs is 1. The smallest absolute Gasteiger partial charge is 0.255 e. The first kappa shape index (κ1) is 22.9. The molecule has 2 N–H and O–H groups in total. The number of hydrogen-bond acceptors (Lipinski definition) is 6. The monoisotopic (exact) mass is 464 g/mol. The van der Waals surface area contributed by atoms with Crippen LogP contribution in [0.5, 0.6) is 5.75 Å². The zero-order chi connectivity index (χ0) is 23.9. The minimum Gasteiger partial charge on any atom is -0.489 e. The van der Waals surface area contributed by atoms with E-state index in [1.807, 2.05) is 19.1 Å². The SMILES string of the molecule is CC1(C#N)CC(CN[C@@H]2CCCC[C@@H]2Oc2ccc3c(c2)CN(C2CCC(=O)NC2=O)C3=O)C1. The van der Waals surface area contributed by atoms with Crippen LogP contribution < -0.4 is 15.4 Å². The Hall–Kier alpha value is -2.92. The van der Waals surface area contributed by atoms with E-state index >= 15 is 0 Å². The lowest BCUT2D eigenvalue weighted by Crippen LogP contribution is -2.52. The molecule has 0 aromatic heterocycles. The number of nitriles is 1. The highest BCUT2D eigenvalue weighted by molar-refractivity contribution is 6.05. The molecule has 3 fully saturated rings. The molecule has 1 saturated heterocycles. The first-order valence-electron chi connectivity index (χ1n) is 12.4. The number of imide groups is 1. The molecule has 1 aromatic rings. The molecule has 2 saturated carbocycles. The van der Waals surface area contributed by atoms with E-state index in [9.17, 15) is 19.6 Å². The van der Waals surface area contributed by atoms with Gasteiger partial charge < -0.3 is 15.0 Å². The van der Waals surface area contributed by atoms with Crippen LogP contribution >= 0.6 is 0 Å². The van der Waals surface area contributed by atoms with Crippen molar-refractivity contribution in [1.29, 1.82) is 5.26 Å². The predicted octanol–water partition coefficient (Wildman–Crippen LogP) is 2.67. The highest BCUT2D eigenvalue weighted by Gasteiger charge is 2.41. The Kier molecular flexibility index (Phi) is 6.07. The fourth-order valence-corrected chi connectivity index (χ4v) is 6.04. The maximum atomic E-state index is 12.9. The number of benzene rings is 1. The van der Waals surface area contributed by atoms with Crippen LogP contribution in [0.3, 0.4) is 0 Å². The number of hydrogen-bond donors (Lipinski definition) is 2. The summed E-state index contributed by atoms with van der Waals surface area (Å²) in [6.07, 6.45) is 6.95. The van der Waals surface area contributed by atoms with Gasteiger partial charge in [0, 0.05) is 24.6 Å². The molecule has 180 valence electrons. The minimum atomic E-state index is -0.608. The quantitative estimate of drug-likeness (QED) is 0.626. The molecule has 0 radical (unpaired) electrons. The lowest BCUT2D eigenvalue weighted by Gasteiger charge is -2.41. The van der Waals surface area contributed by atoms with Gasteiger partial charge in [0.15, 0.2) is 0 Å². The minimum absolute atomic E-state index is 0.0672. The number of rotatable bonds is 6. The van der Waals surface area contributed by atoms with Gasteiger partial charge >= 0.3 is 0 Å². The Morgan fingerprint density at radius 3 is 2.76 bits per heavy atom. The van der Waals surface area contributed by atoms with Crippen LogP contribution in [0.15, 0.2) is 18.2 Å². The van der Waals surface area contributed by atoms with Crippen molar-refractivity contribution in [3.8, 4) is 11.8 Å². The van der Waals surface area contributed by atoms with Gasteiger partial charge in [-0.25, -0.2) is 0 Å². The first-order valence-corrected chi connectivity index (χ1v) is 12.4. The lowest BCUT2D eigenvalue weighted by molar-refractivity contribution is -0.136. The molecule has 1 unspecified atom stereocenters. The van der Waals surface area contributed by atoms with Crippen LogP contribution in [0, 0.1) is 22.7 Å². The van der Waals surface area contributed by atoms with Gasteiger partial charge in [-0.2, -0.15) is 5.26 Å². The van der Waals surface area contributed by atoms with Crippen molar-refractivity contribution in [2.24, 2.45) is 11.3 Å². The second kappa shape index (κ2) is 9.03. The van der Waals surface area contributed by atoms with E-state index < -0.39 is 11.9 Å². The number of carbonyl (C=O) groups excluding carboxylic acids is 3. The molecular formula is C26H32N4O4. The second-order valence-corrected chi connectivity index (χ2v) is 10.6. The summed E-state index contributed by atoms with van der Waals surface area (Å²) in [5.74, 6) is 0.449. The third-order valence-electron chi connectivity index (χ3n) is 7.90. The number of nitrogens with one attached hydrogen (secondary N) is 2. The fourth-order valence-electron chi connectivity index (χ4n) is 6.04. The summed E-state index contributed by atoms with van der Waals surface area (Å²) < 4.78 is 6.42. The second-order valence-electron chi connectivity index (χ2n) is 10.6. The van der Waals surface area contributed by atoms with E-state index in [1.165, 1.54) is 6.42 Å². The molecule has 2 aliphatic heterocycles. The van der Waals surface area contributed by atoms with E-state index in [4.69, 9.17) is 4.74 Å². The summed E-state index contributed by atoms with van der Waals surface area (Å²) in [6, 6.07) is 7.66. The molecule has 0 bridgehead atoms. The van der Waals surface area contributed by atoms with Gasteiger partial charge in [-0.3, -0.25) is 19.7 Å². The summed E-state index contributed by atoms with van der Waals surface area (Å²) in [4.78, 5) is 38.2. The Balaban J connectivity index is 1.21.